The van der Waals surface area contributed by atoms with Crippen molar-refractivity contribution < 1.29 is 0 Å². The first-order valence-corrected chi connectivity index (χ1v) is 5.94. The normalized spacial score (nSPS) is 12.4. The Labute approximate surface area is 110 Å². The zero-order valence-electron chi connectivity index (χ0n) is 9.03. The first-order chi connectivity index (χ1) is 8.22. The van der Waals surface area contributed by atoms with Gasteiger partial charge in [0.25, 0.3) is 0 Å². The first kappa shape index (κ1) is 12.4. The third-order valence-corrected chi connectivity index (χ3v) is 3.14. The van der Waals surface area contributed by atoms with E-state index in [1.807, 2.05) is 36.4 Å². The Balaban J connectivity index is 2.42. The Morgan fingerprint density at radius 2 is 1.71 bits per heavy atom. The summed E-state index contributed by atoms with van der Waals surface area (Å²) in [6.07, 6.45) is 0. The predicted molar refractivity (Wildman–Crippen MR) is 72.1 cm³/mol. The van der Waals surface area contributed by atoms with E-state index in [9.17, 15) is 0 Å². The maximum atomic E-state index is 6.17. The molecule has 0 aliphatic rings. The molecule has 0 heterocycles. The van der Waals surface area contributed by atoms with Gasteiger partial charge in [0.15, 0.2) is 0 Å². The van der Waals surface area contributed by atoms with Crippen molar-refractivity contribution in [3.63, 3.8) is 0 Å². The van der Waals surface area contributed by atoms with E-state index in [1.165, 1.54) is 0 Å². The molecular weight excluding hydrogens is 255 g/mol. The third-order valence-electron chi connectivity index (χ3n) is 2.57. The van der Waals surface area contributed by atoms with Crippen LogP contribution in [0.1, 0.15) is 17.2 Å². The summed E-state index contributed by atoms with van der Waals surface area (Å²) < 4.78 is 0. The molecule has 2 rings (SSSR count). The summed E-state index contributed by atoms with van der Waals surface area (Å²) in [4.78, 5) is 0. The molecule has 0 radical (unpaired) electrons. The highest BCUT2D eigenvalue weighted by Gasteiger charge is 2.15. The Kier molecular flexibility index (Phi) is 4.02. The summed E-state index contributed by atoms with van der Waals surface area (Å²) in [5, 5.41) is 1.21. The molecule has 2 aromatic rings. The van der Waals surface area contributed by atoms with E-state index in [1.54, 1.807) is 12.1 Å². The van der Waals surface area contributed by atoms with Crippen molar-refractivity contribution in [2.24, 2.45) is 5.84 Å². The van der Waals surface area contributed by atoms with Gasteiger partial charge in [0.05, 0.1) is 6.04 Å². The summed E-state index contributed by atoms with van der Waals surface area (Å²) >= 11 is 12.0. The van der Waals surface area contributed by atoms with Gasteiger partial charge in [-0.2, -0.15) is 0 Å². The molecule has 0 fully saturated rings. The number of hydrogen-bond donors (Lipinski definition) is 2. The van der Waals surface area contributed by atoms with Crippen molar-refractivity contribution in [1.82, 2.24) is 5.43 Å². The SMILES string of the molecule is NN[C@@H](c1ccccc1)c1ccc(Cl)cc1Cl. The minimum atomic E-state index is -0.138. The lowest BCUT2D eigenvalue weighted by Gasteiger charge is -2.18. The summed E-state index contributed by atoms with van der Waals surface area (Å²) in [5.41, 5.74) is 4.73. The molecule has 2 nitrogen and oxygen atoms in total. The lowest BCUT2D eigenvalue weighted by Crippen LogP contribution is -2.29. The van der Waals surface area contributed by atoms with Crippen molar-refractivity contribution in [3.05, 3.63) is 69.7 Å². The molecule has 3 N–H and O–H groups in total. The quantitative estimate of drug-likeness (QED) is 0.659. The largest absolute Gasteiger partial charge is 0.271 e. The molecule has 1 atom stereocenters. The van der Waals surface area contributed by atoms with Crippen LogP contribution in [0.5, 0.6) is 0 Å². The van der Waals surface area contributed by atoms with Crippen LogP contribution in [0.3, 0.4) is 0 Å². The van der Waals surface area contributed by atoms with Crippen molar-refractivity contribution in [3.8, 4) is 0 Å². The zero-order valence-corrected chi connectivity index (χ0v) is 10.5. The number of benzene rings is 2. The van der Waals surface area contributed by atoms with Gasteiger partial charge < -0.3 is 0 Å². The second-order valence-corrected chi connectivity index (χ2v) is 4.52. The van der Waals surface area contributed by atoms with E-state index in [0.717, 1.165) is 11.1 Å². The molecule has 17 heavy (non-hydrogen) atoms. The predicted octanol–water partition coefficient (Wildman–Crippen LogP) is 3.55. The van der Waals surface area contributed by atoms with E-state index < -0.39 is 0 Å². The molecule has 0 aliphatic carbocycles. The van der Waals surface area contributed by atoms with Crippen LogP contribution in [0.25, 0.3) is 0 Å². The van der Waals surface area contributed by atoms with Crippen LogP contribution < -0.4 is 11.3 Å². The maximum absolute atomic E-state index is 6.17. The molecule has 0 saturated heterocycles. The van der Waals surface area contributed by atoms with Crippen LogP contribution >= 0.6 is 23.2 Å². The number of rotatable bonds is 3. The van der Waals surface area contributed by atoms with Crippen LogP contribution in [0.4, 0.5) is 0 Å². The molecule has 4 heteroatoms. The van der Waals surface area contributed by atoms with Gasteiger partial charge in [-0.05, 0) is 23.3 Å². The molecule has 0 amide bonds. The van der Waals surface area contributed by atoms with E-state index in [2.05, 4.69) is 5.43 Å². The number of hydrazine groups is 1. The molecule has 0 saturated carbocycles. The minimum Gasteiger partial charge on any atom is -0.271 e. The van der Waals surface area contributed by atoms with Gasteiger partial charge in [0.1, 0.15) is 0 Å². The molecule has 0 bridgehead atoms. The Morgan fingerprint density at radius 3 is 2.29 bits per heavy atom. The van der Waals surface area contributed by atoms with Gasteiger partial charge in [-0.15, -0.1) is 0 Å². The van der Waals surface area contributed by atoms with E-state index in [-0.39, 0.29) is 6.04 Å². The smallest absolute Gasteiger partial charge is 0.0724 e. The van der Waals surface area contributed by atoms with Crippen molar-refractivity contribution >= 4 is 23.2 Å². The molecule has 2 aromatic carbocycles. The average Bonchev–Trinajstić information content (AvgIpc) is 2.34. The van der Waals surface area contributed by atoms with Crippen molar-refractivity contribution in [2.45, 2.75) is 6.04 Å². The number of halogens is 2. The second-order valence-electron chi connectivity index (χ2n) is 3.68. The van der Waals surface area contributed by atoms with Crippen molar-refractivity contribution in [1.29, 1.82) is 0 Å². The van der Waals surface area contributed by atoms with Gasteiger partial charge in [0, 0.05) is 10.0 Å². The minimum absolute atomic E-state index is 0.138. The van der Waals surface area contributed by atoms with Gasteiger partial charge >= 0.3 is 0 Å². The van der Waals surface area contributed by atoms with E-state index >= 15 is 0 Å². The van der Waals surface area contributed by atoms with Gasteiger partial charge in [0.2, 0.25) is 0 Å². The lowest BCUT2D eigenvalue weighted by atomic mass is 9.99. The molecule has 0 aromatic heterocycles. The highest BCUT2D eigenvalue weighted by atomic mass is 35.5. The Morgan fingerprint density at radius 1 is 1.00 bits per heavy atom. The van der Waals surface area contributed by atoms with Crippen LogP contribution in [-0.2, 0) is 0 Å². The van der Waals surface area contributed by atoms with Gasteiger partial charge in [-0.3, -0.25) is 5.84 Å². The fraction of sp³-hybridized carbons (Fsp3) is 0.0769. The van der Waals surface area contributed by atoms with E-state index in [4.69, 9.17) is 29.0 Å². The Bertz CT molecular complexity index is 500. The van der Waals surface area contributed by atoms with Crippen LogP contribution in [0, 0.1) is 0 Å². The van der Waals surface area contributed by atoms with Crippen molar-refractivity contribution in [2.75, 3.05) is 0 Å². The second kappa shape index (κ2) is 5.52. The fourth-order valence-electron chi connectivity index (χ4n) is 1.75. The van der Waals surface area contributed by atoms with Gasteiger partial charge in [-0.25, -0.2) is 5.43 Å². The van der Waals surface area contributed by atoms with Crippen LogP contribution in [-0.4, -0.2) is 0 Å². The van der Waals surface area contributed by atoms with Gasteiger partial charge in [-0.1, -0.05) is 59.6 Å². The average molecular weight is 267 g/mol. The monoisotopic (exact) mass is 266 g/mol. The number of nitrogens with one attached hydrogen (secondary N) is 1. The number of hydrogen-bond acceptors (Lipinski definition) is 2. The van der Waals surface area contributed by atoms with E-state index in [0.29, 0.717) is 10.0 Å². The Hall–Kier alpha value is -1.06. The standard InChI is InChI=1S/C13H12Cl2N2/c14-10-6-7-11(12(15)8-10)13(17-16)9-4-2-1-3-5-9/h1-8,13,17H,16H2/t13-/m0/s1. The molecule has 88 valence electrons. The summed E-state index contributed by atoms with van der Waals surface area (Å²) in [7, 11) is 0. The lowest BCUT2D eigenvalue weighted by molar-refractivity contribution is 0.637. The molecule has 0 aliphatic heterocycles. The first-order valence-electron chi connectivity index (χ1n) is 5.18. The fourth-order valence-corrected chi connectivity index (χ4v) is 2.26. The molecule has 0 unspecified atom stereocenters. The maximum Gasteiger partial charge on any atom is 0.0724 e. The summed E-state index contributed by atoms with van der Waals surface area (Å²) in [6.45, 7) is 0. The highest BCUT2D eigenvalue weighted by Crippen LogP contribution is 2.29. The molecule has 0 spiro atoms. The number of nitrogens with two attached hydrogens (primary N) is 1. The van der Waals surface area contributed by atoms with Crippen LogP contribution in [0.15, 0.2) is 48.5 Å². The molecular formula is C13H12Cl2N2. The highest BCUT2D eigenvalue weighted by molar-refractivity contribution is 6.35. The van der Waals surface area contributed by atoms with Crippen LogP contribution in [0.2, 0.25) is 10.0 Å². The zero-order chi connectivity index (χ0) is 12.3. The summed E-state index contributed by atoms with van der Waals surface area (Å²) in [5.74, 6) is 5.60. The summed E-state index contributed by atoms with van der Waals surface area (Å²) in [6, 6.07) is 15.1. The third kappa shape index (κ3) is 2.79. The topological polar surface area (TPSA) is 38.0 Å².